The second kappa shape index (κ2) is 5.20. The minimum absolute atomic E-state index is 0.625. The van der Waals surface area contributed by atoms with Gasteiger partial charge in [-0.05, 0) is 41.6 Å². The molecule has 0 saturated carbocycles. The highest BCUT2D eigenvalue weighted by molar-refractivity contribution is 14.1. The van der Waals surface area contributed by atoms with Crippen LogP contribution in [0.1, 0.15) is 10.6 Å². The Morgan fingerprint density at radius 1 is 1.38 bits per heavy atom. The van der Waals surface area contributed by atoms with Gasteiger partial charge in [-0.25, -0.2) is 0 Å². The fraction of sp³-hybridized carbons (Fsp3) is 0.273. The zero-order chi connectivity index (χ0) is 11.5. The fourth-order valence-electron chi connectivity index (χ4n) is 1.40. The van der Waals surface area contributed by atoms with E-state index in [1.165, 1.54) is 14.7 Å². The molecule has 2 aromatic rings. The normalized spacial score (nSPS) is 10.7. The minimum atomic E-state index is 0.625. The lowest BCUT2D eigenvalue weighted by Gasteiger charge is -2.02. The SMILES string of the molecule is Cc1cccc(-c2nnc(CCN)s2)c1I. The molecule has 0 radical (unpaired) electrons. The number of aromatic nitrogens is 2. The first-order chi connectivity index (χ1) is 7.72. The molecular formula is C11H12IN3S. The molecule has 1 heterocycles. The van der Waals surface area contributed by atoms with Crippen LogP contribution in [-0.4, -0.2) is 16.7 Å². The van der Waals surface area contributed by atoms with Gasteiger partial charge in [0.15, 0.2) is 0 Å². The molecule has 0 atom stereocenters. The summed E-state index contributed by atoms with van der Waals surface area (Å²) >= 11 is 3.98. The maximum Gasteiger partial charge on any atom is 0.148 e. The Bertz CT molecular complexity index is 496. The minimum Gasteiger partial charge on any atom is -0.330 e. The largest absolute Gasteiger partial charge is 0.330 e. The molecule has 1 aromatic heterocycles. The molecule has 0 unspecified atom stereocenters. The summed E-state index contributed by atoms with van der Waals surface area (Å²) in [5, 5.41) is 10.3. The highest BCUT2D eigenvalue weighted by Crippen LogP contribution is 2.29. The van der Waals surface area contributed by atoms with Gasteiger partial charge in [-0.2, -0.15) is 0 Å². The Morgan fingerprint density at radius 3 is 2.94 bits per heavy atom. The van der Waals surface area contributed by atoms with Crippen molar-refractivity contribution in [3.05, 3.63) is 32.3 Å². The Morgan fingerprint density at radius 2 is 2.19 bits per heavy atom. The number of nitrogens with zero attached hydrogens (tertiary/aromatic N) is 2. The molecule has 84 valence electrons. The standard InChI is InChI=1S/C11H12IN3S/c1-7-3-2-4-8(10(7)12)11-15-14-9(16-11)5-6-13/h2-4H,5-6,13H2,1H3. The predicted molar refractivity (Wildman–Crippen MR) is 75.6 cm³/mol. The van der Waals surface area contributed by atoms with Gasteiger partial charge in [0.25, 0.3) is 0 Å². The third-order valence-corrected chi connectivity index (χ3v) is 4.70. The van der Waals surface area contributed by atoms with Crippen LogP contribution in [-0.2, 0) is 6.42 Å². The van der Waals surface area contributed by atoms with Gasteiger partial charge in [0.05, 0.1) is 0 Å². The van der Waals surface area contributed by atoms with Crippen molar-refractivity contribution in [2.45, 2.75) is 13.3 Å². The maximum absolute atomic E-state index is 5.50. The number of nitrogens with two attached hydrogens (primary N) is 1. The summed E-state index contributed by atoms with van der Waals surface area (Å²) in [7, 11) is 0. The third-order valence-electron chi connectivity index (χ3n) is 2.25. The first-order valence-electron chi connectivity index (χ1n) is 5.00. The number of benzene rings is 1. The van der Waals surface area contributed by atoms with Gasteiger partial charge in [0, 0.05) is 15.6 Å². The van der Waals surface area contributed by atoms with Crippen LogP contribution in [0.15, 0.2) is 18.2 Å². The van der Waals surface area contributed by atoms with Crippen molar-refractivity contribution < 1.29 is 0 Å². The molecule has 5 heteroatoms. The summed E-state index contributed by atoms with van der Waals surface area (Å²) < 4.78 is 1.25. The summed E-state index contributed by atoms with van der Waals surface area (Å²) in [6.45, 7) is 2.73. The van der Waals surface area contributed by atoms with Crippen LogP contribution in [0.4, 0.5) is 0 Å². The quantitative estimate of drug-likeness (QED) is 0.870. The topological polar surface area (TPSA) is 51.8 Å². The summed E-state index contributed by atoms with van der Waals surface area (Å²) in [4.78, 5) is 0. The predicted octanol–water partition coefficient (Wildman–Crippen LogP) is 2.62. The molecule has 0 bridgehead atoms. The molecule has 0 aliphatic carbocycles. The monoisotopic (exact) mass is 345 g/mol. The molecule has 0 aliphatic rings. The molecular weight excluding hydrogens is 333 g/mol. The van der Waals surface area contributed by atoms with Crippen molar-refractivity contribution in [2.24, 2.45) is 5.73 Å². The lowest BCUT2D eigenvalue weighted by atomic mass is 10.1. The van der Waals surface area contributed by atoms with Gasteiger partial charge in [-0.3, -0.25) is 0 Å². The van der Waals surface area contributed by atoms with Crippen molar-refractivity contribution in [2.75, 3.05) is 6.54 Å². The molecule has 0 fully saturated rings. The van der Waals surface area contributed by atoms with Gasteiger partial charge in [0.2, 0.25) is 0 Å². The molecule has 2 N–H and O–H groups in total. The molecule has 3 nitrogen and oxygen atoms in total. The fourth-order valence-corrected chi connectivity index (χ4v) is 3.08. The molecule has 0 amide bonds. The van der Waals surface area contributed by atoms with E-state index in [2.05, 4.69) is 57.9 Å². The van der Waals surface area contributed by atoms with Crippen LogP contribution in [0, 0.1) is 10.5 Å². The van der Waals surface area contributed by atoms with Crippen molar-refractivity contribution >= 4 is 33.9 Å². The van der Waals surface area contributed by atoms with Crippen molar-refractivity contribution in [1.29, 1.82) is 0 Å². The second-order valence-corrected chi connectivity index (χ2v) is 5.62. The maximum atomic E-state index is 5.50. The van der Waals surface area contributed by atoms with Crippen LogP contribution in [0.3, 0.4) is 0 Å². The number of rotatable bonds is 3. The zero-order valence-corrected chi connectivity index (χ0v) is 11.9. The molecule has 0 saturated heterocycles. The number of aryl methyl sites for hydroxylation is 1. The third kappa shape index (κ3) is 2.41. The van der Waals surface area contributed by atoms with E-state index in [1.807, 2.05) is 0 Å². The molecule has 0 aliphatic heterocycles. The van der Waals surface area contributed by atoms with Gasteiger partial charge in [0.1, 0.15) is 10.0 Å². The van der Waals surface area contributed by atoms with E-state index in [0.29, 0.717) is 6.54 Å². The van der Waals surface area contributed by atoms with Crippen LogP contribution in [0.25, 0.3) is 10.6 Å². The average Bonchev–Trinajstić information content (AvgIpc) is 2.71. The van der Waals surface area contributed by atoms with Crippen molar-refractivity contribution in [3.8, 4) is 10.6 Å². The molecule has 2 rings (SSSR count). The van der Waals surface area contributed by atoms with E-state index < -0.39 is 0 Å². The summed E-state index contributed by atoms with van der Waals surface area (Å²) in [5.74, 6) is 0. The lowest BCUT2D eigenvalue weighted by molar-refractivity contribution is 0.913. The van der Waals surface area contributed by atoms with Gasteiger partial charge in [-0.15, -0.1) is 10.2 Å². The smallest absolute Gasteiger partial charge is 0.148 e. The average molecular weight is 345 g/mol. The van der Waals surface area contributed by atoms with Crippen LogP contribution < -0.4 is 5.73 Å². The Labute approximate surface area is 112 Å². The first kappa shape index (κ1) is 11.9. The van der Waals surface area contributed by atoms with Gasteiger partial charge >= 0.3 is 0 Å². The second-order valence-electron chi connectivity index (χ2n) is 3.48. The van der Waals surface area contributed by atoms with E-state index in [4.69, 9.17) is 5.73 Å². The van der Waals surface area contributed by atoms with E-state index in [0.717, 1.165) is 16.4 Å². The highest BCUT2D eigenvalue weighted by Gasteiger charge is 2.10. The Balaban J connectivity index is 2.39. The summed E-state index contributed by atoms with van der Waals surface area (Å²) in [6.07, 6.45) is 0.806. The number of halogens is 1. The molecule has 0 spiro atoms. The molecule has 16 heavy (non-hydrogen) atoms. The zero-order valence-electron chi connectivity index (χ0n) is 8.90. The van der Waals surface area contributed by atoms with E-state index >= 15 is 0 Å². The van der Waals surface area contributed by atoms with Crippen LogP contribution >= 0.6 is 33.9 Å². The summed E-state index contributed by atoms with van der Waals surface area (Å²) in [5.41, 5.74) is 7.94. The Kier molecular flexibility index (Phi) is 3.88. The van der Waals surface area contributed by atoms with E-state index in [9.17, 15) is 0 Å². The van der Waals surface area contributed by atoms with Crippen LogP contribution in [0.5, 0.6) is 0 Å². The number of hydrogen-bond donors (Lipinski definition) is 1. The number of hydrogen-bond acceptors (Lipinski definition) is 4. The van der Waals surface area contributed by atoms with Gasteiger partial charge in [-0.1, -0.05) is 29.5 Å². The van der Waals surface area contributed by atoms with E-state index in [-0.39, 0.29) is 0 Å². The van der Waals surface area contributed by atoms with E-state index in [1.54, 1.807) is 11.3 Å². The lowest BCUT2D eigenvalue weighted by Crippen LogP contribution is -2.01. The Hall–Kier alpha value is -0.530. The van der Waals surface area contributed by atoms with Crippen LogP contribution in [0.2, 0.25) is 0 Å². The summed E-state index contributed by atoms with van der Waals surface area (Å²) in [6, 6.07) is 6.24. The van der Waals surface area contributed by atoms with Crippen molar-refractivity contribution in [3.63, 3.8) is 0 Å². The van der Waals surface area contributed by atoms with Gasteiger partial charge < -0.3 is 5.73 Å². The van der Waals surface area contributed by atoms with Crippen molar-refractivity contribution in [1.82, 2.24) is 10.2 Å². The first-order valence-corrected chi connectivity index (χ1v) is 6.90. The molecule has 1 aromatic carbocycles. The highest BCUT2D eigenvalue weighted by atomic mass is 127.